The molecule has 0 aliphatic heterocycles. The molecule has 1 fully saturated rings. The van der Waals surface area contributed by atoms with Gasteiger partial charge in [0, 0.05) is 19.7 Å². The van der Waals surface area contributed by atoms with Gasteiger partial charge in [-0.05, 0) is 30.4 Å². The van der Waals surface area contributed by atoms with E-state index in [2.05, 4.69) is 13.8 Å². The minimum absolute atomic E-state index is 0.0240. The van der Waals surface area contributed by atoms with E-state index < -0.39 is 0 Å². The lowest BCUT2D eigenvalue weighted by atomic mass is 9.94. The van der Waals surface area contributed by atoms with Crippen molar-refractivity contribution in [2.45, 2.75) is 64.2 Å². The molecule has 2 unspecified atom stereocenters. The van der Waals surface area contributed by atoms with Crippen molar-refractivity contribution >= 4 is 17.7 Å². The van der Waals surface area contributed by atoms with Gasteiger partial charge in [0.05, 0.1) is 5.25 Å². The van der Waals surface area contributed by atoms with Crippen molar-refractivity contribution in [3.05, 3.63) is 0 Å². The number of rotatable bonds is 7. The number of nitrogens with zero attached hydrogens (tertiary/aromatic N) is 1. The quantitative estimate of drug-likeness (QED) is 0.785. The second kappa shape index (κ2) is 8.93. The van der Waals surface area contributed by atoms with Crippen LogP contribution in [0.4, 0.5) is 0 Å². The van der Waals surface area contributed by atoms with E-state index in [4.69, 9.17) is 5.11 Å². The highest BCUT2D eigenvalue weighted by Crippen LogP contribution is 2.27. The zero-order chi connectivity index (χ0) is 15.1. The first-order valence-electron chi connectivity index (χ1n) is 7.96. The van der Waals surface area contributed by atoms with E-state index in [0.717, 1.165) is 18.6 Å². The molecule has 1 N–H and O–H groups in total. The number of hydrogen-bond acceptors (Lipinski definition) is 3. The summed E-state index contributed by atoms with van der Waals surface area (Å²) in [5, 5.41) is 9.15. The minimum atomic E-state index is 0.0240. The molecule has 3 nitrogen and oxygen atoms in total. The normalized spacial score (nSPS) is 19.9. The lowest BCUT2D eigenvalue weighted by Crippen LogP contribution is -2.44. The summed E-state index contributed by atoms with van der Waals surface area (Å²) < 4.78 is 0. The smallest absolute Gasteiger partial charge is 0.235 e. The van der Waals surface area contributed by atoms with Gasteiger partial charge in [0.1, 0.15) is 0 Å². The average Bonchev–Trinajstić information content (AvgIpc) is 2.46. The maximum Gasteiger partial charge on any atom is 0.235 e. The lowest BCUT2D eigenvalue weighted by molar-refractivity contribution is -0.132. The molecule has 0 aromatic heterocycles. The zero-order valence-electron chi connectivity index (χ0n) is 13.5. The van der Waals surface area contributed by atoms with Crippen LogP contribution < -0.4 is 0 Å². The number of carbonyl (C=O) groups is 1. The molecule has 0 radical (unpaired) electrons. The summed E-state index contributed by atoms with van der Waals surface area (Å²) in [7, 11) is 1.98. The number of amides is 1. The van der Waals surface area contributed by atoms with Crippen LogP contribution in [0.1, 0.15) is 52.9 Å². The van der Waals surface area contributed by atoms with Gasteiger partial charge in [-0.25, -0.2) is 0 Å². The Morgan fingerprint density at radius 1 is 1.25 bits per heavy atom. The van der Waals surface area contributed by atoms with Gasteiger partial charge >= 0.3 is 0 Å². The Hall–Kier alpha value is -0.220. The third kappa shape index (κ3) is 5.28. The van der Waals surface area contributed by atoms with E-state index in [1.165, 1.54) is 19.3 Å². The molecule has 118 valence electrons. The maximum atomic E-state index is 12.7. The van der Waals surface area contributed by atoms with Crippen LogP contribution in [0.25, 0.3) is 0 Å². The van der Waals surface area contributed by atoms with Gasteiger partial charge in [-0.3, -0.25) is 4.79 Å². The molecular formula is C16H31NO2S. The first-order valence-corrected chi connectivity index (χ1v) is 9.01. The van der Waals surface area contributed by atoms with E-state index >= 15 is 0 Å². The fraction of sp³-hybridized carbons (Fsp3) is 0.938. The van der Waals surface area contributed by atoms with Crippen LogP contribution in [-0.4, -0.2) is 46.6 Å². The van der Waals surface area contributed by atoms with Crippen molar-refractivity contribution in [3.63, 3.8) is 0 Å². The van der Waals surface area contributed by atoms with Gasteiger partial charge in [-0.15, -0.1) is 11.8 Å². The Balaban J connectivity index is 2.57. The Morgan fingerprint density at radius 3 is 2.35 bits per heavy atom. The van der Waals surface area contributed by atoms with E-state index in [1.54, 1.807) is 11.8 Å². The molecule has 1 saturated carbocycles. The highest BCUT2D eigenvalue weighted by atomic mass is 32.2. The van der Waals surface area contributed by atoms with Crippen LogP contribution >= 0.6 is 11.8 Å². The van der Waals surface area contributed by atoms with Crippen molar-refractivity contribution in [1.29, 1.82) is 0 Å². The standard InChI is InChI=1S/C16H31NO2S/c1-12(2)15(20-11-13(3)10-18)16(19)17(4)14-8-6-5-7-9-14/h12-15,18H,5-11H2,1-4H3. The van der Waals surface area contributed by atoms with Crippen LogP contribution in [-0.2, 0) is 4.79 Å². The molecular weight excluding hydrogens is 270 g/mol. The van der Waals surface area contributed by atoms with Crippen molar-refractivity contribution < 1.29 is 9.90 Å². The van der Waals surface area contributed by atoms with E-state index in [-0.39, 0.29) is 23.7 Å². The SMILES string of the molecule is CC(CO)CSC(C(=O)N(C)C1CCCCC1)C(C)C. The molecule has 0 bridgehead atoms. The number of thioether (sulfide) groups is 1. The fourth-order valence-corrected chi connectivity index (χ4v) is 4.05. The Bertz CT molecular complexity index is 290. The molecule has 1 aliphatic rings. The van der Waals surface area contributed by atoms with Crippen molar-refractivity contribution in [1.82, 2.24) is 4.90 Å². The molecule has 0 saturated heterocycles. The van der Waals surface area contributed by atoms with E-state index in [1.807, 2.05) is 18.9 Å². The van der Waals surface area contributed by atoms with Crippen LogP contribution in [0.15, 0.2) is 0 Å². The summed E-state index contributed by atoms with van der Waals surface area (Å²) in [4.78, 5) is 14.7. The fourth-order valence-electron chi connectivity index (χ4n) is 2.72. The highest BCUT2D eigenvalue weighted by molar-refractivity contribution is 8.00. The van der Waals surface area contributed by atoms with Gasteiger partial charge in [0.25, 0.3) is 0 Å². The van der Waals surface area contributed by atoms with Gasteiger partial charge in [-0.2, -0.15) is 0 Å². The van der Waals surface area contributed by atoms with Gasteiger partial charge in [0.2, 0.25) is 5.91 Å². The summed E-state index contributed by atoms with van der Waals surface area (Å²) in [6.07, 6.45) is 6.14. The predicted octanol–water partition coefficient (Wildman–Crippen LogP) is 3.16. The summed E-state index contributed by atoms with van der Waals surface area (Å²) in [6.45, 7) is 6.46. The summed E-state index contributed by atoms with van der Waals surface area (Å²) >= 11 is 1.71. The third-order valence-electron chi connectivity index (χ3n) is 4.19. The number of aliphatic hydroxyl groups is 1. The summed E-state index contributed by atoms with van der Waals surface area (Å²) in [5.41, 5.74) is 0. The Kier molecular flexibility index (Phi) is 7.96. The molecule has 4 heteroatoms. The maximum absolute atomic E-state index is 12.7. The second-order valence-corrected chi connectivity index (χ2v) is 7.70. The van der Waals surface area contributed by atoms with Crippen molar-refractivity contribution in [2.75, 3.05) is 19.4 Å². The molecule has 0 heterocycles. The van der Waals surface area contributed by atoms with Gasteiger partial charge < -0.3 is 10.0 Å². The predicted molar refractivity (Wildman–Crippen MR) is 87.0 cm³/mol. The summed E-state index contributed by atoms with van der Waals surface area (Å²) in [5.74, 6) is 1.73. The first-order chi connectivity index (χ1) is 9.47. The number of carbonyl (C=O) groups excluding carboxylic acids is 1. The van der Waals surface area contributed by atoms with Crippen molar-refractivity contribution in [2.24, 2.45) is 11.8 Å². The third-order valence-corrected chi connectivity index (χ3v) is 6.06. The van der Waals surface area contributed by atoms with Crippen LogP contribution in [0.5, 0.6) is 0 Å². The first kappa shape index (κ1) is 17.8. The largest absolute Gasteiger partial charge is 0.396 e. The minimum Gasteiger partial charge on any atom is -0.396 e. The van der Waals surface area contributed by atoms with Gasteiger partial charge in [-0.1, -0.05) is 40.0 Å². The number of aliphatic hydroxyl groups excluding tert-OH is 1. The highest BCUT2D eigenvalue weighted by Gasteiger charge is 2.30. The van der Waals surface area contributed by atoms with Crippen molar-refractivity contribution in [3.8, 4) is 0 Å². The average molecular weight is 301 g/mol. The van der Waals surface area contributed by atoms with E-state index in [9.17, 15) is 4.79 Å². The molecule has 1 amide bonds. The van der Waals surface area contributed by atoms with Crippen LogP contribution in [0, 0.1) is 11.8 Å². The molecule has 1 rings (SSSR count). The second-order valence-electron chi connectivity index (χ2n) is 6.53. The lowest BCUT2D eigenvalue weighted by Gasteiger charge is -2.34. The van der Waals surface area contributed by atoms with Crippen LogP contribution in [0.3, 0.4) is 0 Å². The summed E-state index contributed by atoms with van der Waals surface area (Å²) in [6, 6.07) is 0.438. The Morgan fingerprint density at radius 2 is 1.85 bits per heavy atom. The molecule has 0 aromatic carbocycles. The number of hydrogen-bond donors (Lipinski definition) is 1. The molecule has 0 spiro atoms. The zero-order valence-corrected chi connectivity index (χ0v) is 14.3. The topological polar surface area (TPSA) is 40.5 Å². The van der Waals surface area contributed by atoms with Crippen LogP contribution in [0.2, 0.25) is 0 Å². The molecule has 1 aliphatic carbocycles. The van der Waals surface area contributed by atoms with Gasteiger partial charge in [0.15, 0.2) is 0 Å². The Labute approximate surface area is 128 Å². The molecule has 2 atom stereocenters. The molecule has 20 heavy (non-hydrogen) atoms. The monoisotopic (exact) mass is 301 g/mol. The van der Waals surface area contributed by atoms with E-state index in [0.29, 0.717) is 12.0 Å². The molecule has 0 aromatic rings.